The fourth-order valence-electron chi connectivity index (χ4n) is 1.73. The number of nitrogens with zero attached hydrogens (tertiary/aromatic N) is 1. The maximum absolute atomic E-state index is 6.20. The molecule has 0 radical (unpaired) electrons. The molecule has 0 unspecified atom stereocenters. The highest BCUT2D eigenvalue weighted by molar-refractivity contribution is 9.10. The summed E-state index contributed by atoms with van der Waals surface area (Å²) < 4.78 is 0.973. The zero-order valence-electron chi connectivity index (χ0n) is 8.71. The normalized spacial score (nSPS) is 13.3. The summed E-state index contributed by atoms with van der Waals surface area (Å²) in [7, 11) is 0. The Morgan fingerprint density at radius 3 is 3.00 bits per heavy atom. The van der Waals surface area contributed by atoms with Crippen LogP contribution in [0.2, 0.25) is 5.02 Å². The van der Waals surface area contributed by atoms with Crippen molar-refractivity contribution in [3.8, 4) is 11.3 Å². The fourth-order valence-corrected chi connectivity index (χ4v) is 3.46. The summed E-state index contributed by atoms with van der Waals surface area (Å²) in [5.74, 6) is 1.81. The average Bonchev–Trinajstić information content (AvgIpc) is 2.76. The van der Waals surface area contributed by atoms with E-state index in [1.165, 1.54) is 4.90 Å². The number of anilines is 1. The van der Waals surface area contributed by atoms with Gasteiger partial charge in [0.1, 0.15) is 5.82 Å². The molecule has 2 nitrogen and oxygen atoms in total. The van der Waals surface area contributed by atoms with E-state index >= 15 is 0 Å². The number of nitrogens with one attached hydrogen (secondary N) is 1. The van der Waals surface area contributed by atoms with Crippen LogP contribution in [-0.4, -0.2) is 10.9 Å². The molecule has 1 aromatic heterocycles. The molecular weight excluding hydrogens is 320 g/mol. The summed E-state index contributed by atoms with van der Waals surface area (Å²) in [4.78, 5) is 5.79. The number of hydrogen-bond donors (Lipinski definition) is 1. The van der Waals surface area contributed by atoms with E-state index in [0.29, 0.717) is 5.02 Å². The molecule has 86 valence electrons. The second kappa shape index (κ2) is 4.52. The van der Waals surface area contributed by atoms with E-state index in [2.05, 4.69) is 32.3 Å². The van der Waals surface area contributed by atoms with Crippen molar-refractivity contribution in [1.29, 1.82) is 0 Å². The molecule has 0 saturated carbocycles. The van der Waals surface area contributed by atoms with Crippen LogP contribution in [0.25, 0.3) is 11.3 Å². The number of hydrogen-bond acceptors (Lipinski definition) is 3. The zero-order chi connectivity index (χ0) is 11.8. The van der Waals surface area contributed by atoms with Crippen LogP contribution in [0.3, 0.4) is 0 Å². The van der Waals surface area contributed by atoms with Gasteiger partial charge in [-0.15, -0.1) is 11.8 Å². The first-order valence-electron chi connectivity index (χ1n) is 5.08. The molecule has 2 heterocycles. The van der Waals surface area contributed by atoms with E-state index in [9.17, 15) is 0 Å². The van der Waals surface area contributed by atoms with E-state index in [0.717, 1.165) is 27.4 Å². The third-order valence-corrected chi connectivity index (χ3v) is 4.38. The van der Waals surface area contributed by atoms with Gasteiger partial charge in [0, 0.05) is 15.1 Å². The van der Waals surface area contributed by atoms with Crippen molar-refractivity contribution >= 4 is 45.1 Å². The van der Waals surface area contributed by atoms with Gasteiger partial charge in [0.05, 0.1) is 16.5 Å². The minimum Gasteiger partial charge on any atom is -0.360 e. The second-order valence-electron chi connectivity index (χ2n) is 3.61. The lowest BCUT2D eigenvalue weighted by Crippen LogP contribution is -1.94. The van der Waals surface area contributed by atoms with Gasteiger partial charge >= 0.3 is 0 Å². The Morgan fingerprint density at radius 2 is 2.18 bits per heavy atom. The molecule has 1 aliphatic rings. The minimum atomic E-state index is 0.714. The van der Waals surface area contributed by atoms with Gasteiger partial charge in [-0.25, -0.2) is 4.98 Å². The van der Waals surface area contributed by atoms with Crippen LogP contribution in [0.4, 0.5) is 5.82 Å². The van der Waals surface area contributed by atoms with Crippen molar-refractivity contribution in [2.45, 2.75) is 4.90 Å². The van der Waals surface area contributed by atoms with Crippen molar-refractivity contribution in [3.63, 3.8) is 0 Å². The minimum absolute atomic E-state index is 0.714. The van der Waals surface area contributed by atoms with Gasteiger partial charge in [0.15, 0.2) is 0 Å². The topological polar surface area (TPSA) is 24.9 Å². The first kappa shape index (κ1) is 11.4. The highest BCUT2D eigenvalue weighted by Gasteiger charge is 2.17. The number of aromatic nitrogens is 1. The third-order valence-electron chi connectivity index (χ3n) is 2.54. The van der Waals surface area contributed by atoms with Gasteiger partial charge in [-0.2, -0.15) is 0 Å². The van der Waals surface area contributed by atoms with E-state index in [1.807, 2.05) is 24.3 Å². The quantitative estimate of drug-likeness (QED) is 0.826. The zero-order valence-corrected chi connectivity index (χ0v) is 11.9. The molecule has 2 aromatic rings. The van der Waals surface area contributed by atoms with Gasteiger partial charge in [-0.3, -0.25) is 0 Å². The predicted octanol–water partition coefficient (Wildman–Crippen LogP) is 4.64. The first-order chi connectivity index (χ1) is 8.25. The summed E-state index contributed by atoms with van der Waals surface area (Å²) in [6.07, 6.45) is 0. The number of rotatable bonds is 1. The lowest BCUT2D eigenvalue weighted by molar-refractivity contribution is 1.22. The molecule has 0 saturated heterocycles. The van der Waals surface area contributed by atoms with Crippen molar-refractivity contribution in [1.82, 2.24) is 4.98 Å². The van der Waals surface area contributed by atoms with Crippen molar-refractivity contribution in [2.75, 3.05) is 11.2 Å². The molecule has 0 spiro atoms. The standard InChI is InChI=1S/C12H8BrClN2S/c13-8-5-10-12(15-6-17-10)16-11(8)7-3-1-2-4-9(7)14/h1-5H,6H2,(H,15,16). The van der Waals surface area contributed by atoms with Crippen molar-refractivity contribution in [2.24, 2.45) is 0 Å². The molecule has 1 N–H and O–H groups in total. The van der Waals surface area contributed by atoms with E-state index in [-0.39, 0.29) is 0 Å². The van der Waals surface area contributed by atoms with E-state index in [1.54, 1.807) is 11.8 Å². The lowest BCUT2D eigenvalue weighted by atomic mass is 10.1. The number of benzene rings is 1. The van der Waals surface area contributed by atoms with Gasteiger partial charge in [-0.1, -0.05) is 29.8 Å². The van der Waals surface area contributed by atoms with Crippen molar-refractivity contribution < 1.29 is 0 Å². The Bertz CT molecular complexity index is 589. The molecule has 1 aliphatic heterocycles. The van der Waals surface area contributed by atoms with Crippen LogP contribution >= 0.6 is 39.3 Å². The molecule has 17 heavy (non-hydrogen) atoms. The van der Waals surface area contributed by atoms with Gasteiger partial charge in [0.25, 0.3) is 0 Å². The van der Waals surface area contributed by atoms with Crippen LogP contribution < -0.4 is 5.32 Å². The number of halogens is 2. The SMILES string of the molecule is Clc1ccccc1-c1nc2c(cc1Br)SCN2. The Hall–Kier alpha value is -0.710. The molecule has 0 fully saturated rings. The van der Waals surface area contributed by atoms with Gasteiger partial charge in [-0.05, 0) is 28.1 Å². The molecular formula is C12H8BrClN2S. The Labute approximate surface area is 117 Å². The maximum Gasteiger partial charge on any atom is 0.141 e. The van der Waals surface area contributed by atoms with Crippen LogP contribution in [0.5, 0.6) is 0 Å². The average molecular weight is 328 g/mol. The lowest BCUT2D eigenvalue weighted by Gasteiger charge is -2.08. The highest BCUT2D eigenvalue weighted by atomic mass is 79.9. The Morgan fingerprint density at radius 1 is 1.35 bits per heavy atom. The monoisotopic (exact) mass is 326 g/mol. The molecule has 3 rings (SSSR count). The summed E-state index contributed by atoms with van der Waals surface area (Å²) >= 11 is 11.5. The number of thioether (sulfide) groups is 1. The molecule has 0 amide bonds. The summed E-state index contributed by atoms with van der Waals surface area (Å²) in [5, 5.41) is 3.96. The van der Waals surface area contributed by atoms with E-state index < -0.39 is 0 Å². The summed E-state index contributed by atoms with van der Waals surface area (Å²) in [5.41, 5.74) is 1.83. The molecule has 0 atom stereocenters. The van der Waals surface area contributed by atoms with Crippen LogP contribution in [0.1, 0.15) is 0 Å². The predicted molar refractivity (Wildman–Crippen MR) is 76.7 cm³/mol. The maximum atomic E-state index is 6.20. The van der Waals surface area contributed by atoms with Gasteiger partial charge in [0.2, 0.25) is 0 Å². The van der Waals surface area contributed by atoms with Crippen LogP contribution in [-0.2, 0) is 0 Å². The number of pyridine rings is 1. The smallest absolute Gasteiger partial charge is 0.141 e. The highest BCUT2D eigenvalue weighted by Crippen LogP contribution is 2.39. The Kier molecular flexibility index (Phi) is 3.03. The van der Waals surface area contributed by atoms with E-state index in [4.69, 9.17) is 11.6 Å². The van der Waals surface area contributed by atoms with Crippen LogP contribution in [0.15, 0.2) is 39.7 Å². The second-order valence-corrected chi connectivity index (χ2v) is 5.89. The Balaban J connectivity index is 2.19. The third kappa shape index (κ3) is 2.05. The summed E-state index contributed by atoms with van der Waals surface area (Å²) in [6.45, 7) is 0. The fraction of sp³-hybridized carbons (Fsp3) is 0.0833. The first-order valence-corrected chi connectivity index (χ1v) is 7.23. The van der Waals surface area contributed by atoms with Crippen molar-refractivity contribution in [3.05, 3.63) is 39.8 Å². The molecule has 1 aromatic carbocycles. The largest absolute Gasteiger partial charge is 0.360 e. The molecule has 5 heteroatoms. The summed E-state index contributed by atoms with van der Waals surface area (Å²) in [6, 6.07) is 9.82. The number of fused-ring (bicyclic) bond motifs is 1. The molecule has 0 aliphatic carbocycles. The van der Waals surface area contributed by atoms with Gasteiger partial charge < -0.3 is 5.32 Å². The van der Waals surface area contributed by atoms with Crippen LogP contribution in [0, 0.1) is 0 Å². The molecule has 0 bridgehead atoms.